The van der Waals surface area contributed by atoms with Gasteiger partial charge in [0.25, 0.3) is 0 Å². The molecule has 0 aliphatic carbocycles. The van der Waals surface area contributed by atoms with Crippen molar-refractivity contribution in [2.45, 2.75) is 70.9 Å². The lowest BCUT2D eigenvalue weighted by molar-refractivity contribution is -0.137. The third-order valence-electron chi connectivity index (χ3n) is 8.51. The standard InChI is InChI=1S/C31H36F3N5O2/c1-5-22-15-24(17-25(16-22)31(32,33)34)21(3)36(4)30(41)39-14-13-38-27(11-12-28(38)40)29(39)26-19-37(35-20(26)2)18-23-9-7-6-8-10-23/h6-10,15-17,19,21,27,29H,5,11-14,18H2,1-4H3/t21-,27+,29+/m1/s1. The molecular formula is C31H36F3N5O2. The molecule has 3 heterocycles. The number of amides is 3. The lowest BCUT2D eigenvalue weighted by Gasteiger charge is -2.46. The van der Waals surface area contributed by atoms with E-state index in [0.717, 1.165) is 22.9 Å². The van der Waals surface area contributed by atoms with Gasteiger partial charge in [-0.15, -0.1) is 0 Å². The van der Waals surface area contributed by atoms with Crippen molar-refractivity contribution in [3.63, 3.8) is 0 Å². The predicted octanol–water partition coefficient (Wildman–Crippen LogP) is 5.98. The lowest BCUT2D eigenvalue weighted by Crippen LogP contribution is -2.57. The van der Waals surface area contributed by atoms with Gasteiger partial charge in [0.15, 0.2) is 0 Å². The molecule has 1 aromatic heterocycles. The first kappa shape index (κ1) is 28.7. The number of aryl methyl sites for hydroxylation is 2. The van der Waals surface area contributed by atoms with Crippen LogP contribution in [0.15, 0.2) is 54.7 Å². The van der Waals surface area contributed by atoms with E-state index < -0.39 is 23.8 Å². The van der Waals surface area contributed by atoms with Crippen LogP contribution in [-0.2, 0) is 23.9 Å². The molecule has 7 nitrogen and oxygen atoms in total. The number of benzene rings is 2. The van der Waals surface area contributed by atoms with Gasteiger partial charge in [0.1, 0.15) is 0 Å². The van der Waals surface area contributed by atoms with Gasteiger partial charge in [-0.05, 0) is 55.5 Å². The Kier molecular flexibility index (Phi) is 7.85. The van der Waals surface area contributed by atoms with E-state index in [1.54, 1.807) is 24.9 Å². The molecule has 0 unspecified atom stereocenters. The molecule has 2 aromatic carbocycles. The van der Waals surface area contributed by atoms with Gasteiger partial charge in [-0.3, -0.25) is 9.48 Å². The van der Waals surface area contributed by atoms with Crippen molar-refractivity contribution in [3.8, 4) is 0 Å². The molecule has 0 saturated carbocycles. The highest BCUT2D eigenvalue weighted by Gasteiger charge is 2.47. The second-order valence-corrected chi connectivity index (χ2v) is 11.1. The van der Waals surface area contributed by atoms with Gasteiger partial charge >= 0.3 is 12.2 Å². The monoisotopic (exact) mass is 567 g/mol. The summed E-state index contributed by atoms with van der Waals surface area (Å²) in [6, 6.07) is 12.5. The van der Waals surface area contributed by atoms with Gasteiger partial charge in [-0.25, -0.2) is 4.79 Å². The van der Waals surface area contributed by atoms with E-state index in [4.69, 9.17) is 5.10 Å². The Morgan fingerprint density at radius 2 is 1.85 bits per heavy atom. The number of carbonyl (C=O) groups excluding carboxylic acids is 2. The van der Waals surface area contributed by atoms with Crippen LogP contribution in [0, 0.1) is 6.92 Å². The zero-order valence-electron chi connectivity index (χ0n) is 23.9. The Labute approximate surface area is 238 Å². The average Bonchev–Trinajstić information content (AvgIpc) is 3.52. The number of halogens is 3. The summed E-state index contributed by atoms with van der Waals surface area (Å²) in [4.78, 5) is 32.0. The Morgan fingerprint density at radius 1 is 1.12 bits per heavy atom. The minimum Gasteiger partial charge on any atom is -0.335 e. The summed E-state index contributed by atoms with van der Waals surface area (Å²) >= 11 is 0. The van der Waals surface area contributed by atoms with Crippen LogP contribution in [0.4, 0.5) is 18.0 Å². The number of rotatable bonds is 6. The van der Waals surface area contributed by atoms with Crippen LogP contribution in [0.5, 0.6) is 0 Å². The quantitative estimate of drug-likeness (QED) is 0.368. The van der Waals surface area contributed by atoms with Gasteiger partial charge < -0.3 is 14.7 Å². The molecule has 0 radical (unpaired) electrons. The third kappa shape index (κ3) is 5.69. The van der Waals surface area contributed by atoms with E-state index in [1.807, 2.05) is 60.0 Å². The molecule has 10 heteroatoms. The van der Waals surface area contributed by atoms with Crippen molar-refractivity contribution in [1.82, 2.24) is 24.5 Å². The van der Waals surface area contributed by atoms with E-state index in [0.29, 0.717) is 50.0 Å². The van der Waals surface area contributed by atoms with Crippen LogP contribution in [-0.4, -0.2) is 62.6 Å². The molecule has 0 N–H and O–H groups in total. The number of alkyl halides is 3. The first-order chi connectivity index (χ1) is 19.5. The number of carbonyl (C=O) groups is 2. The smallest absolute Gasteiger partial charge is 0.335 e. The maximum Gasteiger partial charge on any atom is 0.416 e. The fourth-order valence-electron chi connectivity index (χ4n) is 6.12. The van der Waals surface area contributed by atoms with Crippen molar-refractivity contribution >= 4 is 11.9 Å². The van der Waals surface area contributed by atoms with Gasteiger partial charge in [-0.2, -0.15) is 18.3 Å². The second kappa shape index (κ2) is 11.2. The molecule has 3 aromatic rings. The SMILES string of the molecule is CCc1cc([C@@H](C)N(C)C(=O)N2CCN3C(=O)CC[C@H]3[C@@H]2c2cn(Cc3ccccc3)nc2C)cc(C(F)(F)F)c1. The highest BCUT2D eigenvalue weighted by atomic mass is 19.4. The Balaban J connectivity index is 1.46. The maximum absolute atomic E-state index is 14.1. The molecule has 2 aliphatic heterocycles. The topological polar surface area (TPSA) is 61.7 Å². The zero-order chi connectivity index (χ0) is 29.5. The van der Waals surface area contributed by atoms with Crippen molar-refractivity contribution in [2.24, 2.45) is 0 Å². The van der Waals surface area contributed by atoms with E-state index in [-0.39, 0.29) is 18.0 Å². The van der Waals surface area contributed by atoms with Gasteiger partial charge in [0.2, 0.25) is 5.91 Å². The van der Waals surface area contributed by atoms with Gasteiger partial charge in [0.05, 0.1) is 35.9 Å². The maximum atomic E-state index is 14.1. The van der Waals surface area contributed by atoms with Crippen molar-refractivity contribution in [2.75, 3.05) is 20.1 Å². The van der Waals surface area contributed by atoms with Crippen LogP contribution >= 0.6 is 0 Å². The van der Waals surface area contributed by atoms with E-state index >= 15 is 0 Å². The van der Waals surface area contributed by atoms with E-state index in [2.05, 4.69) is 0 Å². The van der Waals surface area contributed by atoms with Crippen molar-refractivity contribution < 1.29 is 22.8 Å². The molecule has 2 aliphatic rings. The fraction of sp³-hybridized carbons (Fsp3) is 0.452. The van der Waals surface area contributed by atoms with Crippen LogP contribution in [0.1, 0.15) is 72.3 Å². The number of urea groups is 1. The summed E-state index contributed by atoms with van der Waals surface area (Å²) in [7, 11) is 1.63. The summed E-state index contributed by atoms with van der Waals surface area (Å²) in [5.74, 6) is 0.0826. The fourth-order valence-corrected chi connectivity index (χ4v) is 6.12. The molecule has 2 fully saturated rings. The molecule has 0 spiro atoms. The molecular weight excluding hydrogens is 531 g/mol. The van der Waals surface area contributed by atoms with Gasteiger partial charge in [-0.1, -0.05) is 43.3 Å². The third-order valence-corrected chi connectivity index (χ3v) is 8.51. The minimum atomic E-state index is -4.48. The molecule has 3 amide bonds. The van der Waals surface area contributed by atoms with Crippen LogP contribution in [0.3, 0.4) is 0 Å². The number of nitrogens with zero attached hydrogens (tertiary/aromatic N) is 5. The summed E-state index contributed by atoms with van der Waals surface area (Å²) in [6.45, 7) is 6.80. The van der Waals surface area contributed by atoms with Crippen LogP contribution in [0.2, 0.25) is 0 Å². The number of hydrogen-bond acceptors (Lipinski definition) is 3. The van der Waals surface area contributed by atoms with Crippen molar-refractivity contribution in [3.05, 3.63) is 88.2 Å². The molecule has 3 atom stereocenters. The first-order valence-corrected chi connectivity index (χ1v) is 14.1. The molecule has 0 bridgehead atoms. The summed E-state index contributed by atoms with van der Waals surface area (Å²) in [5.41, 5.74) is 3.05. The summed E-state index contributed by atoms with van der Waals surface area (Å²) in [6.07, 6.45) is -1.01. The number of piperazine rings is 1. The second-order valence-electron chi connectivity index (χ2n) is 11.1. The van der Waals surface area contributed by atoms with Crippen molar-refractivity contribution in [1.29, 1.82) is 0 Å². The summed E-state index contributed by atoms with van der Waals surface area (Å²) in [5, 5.41) is 4.74. The van der Waals surface area contributed by atoms with Crippen LogP contribution in [0.25, 0.3) is 0 Å². The molecule has 218 valence electrons. The Morgan fingerprint density at radius 3 is 2.54 bits per heavy atom. The summed E-state index contributed by atoms with van der Waals surface area (Å²) < 4.78 is 42.8. The van der Waals surface area contributed by atoms with Gasteiger partial charge in [0, 0.05) is 38.3 Å². The minimum absolute atomic E-state index is 0.0826. The highest BCUT2D eigenvalue weighted by molar-refractivity contribution is 5.81. The predicted molar refractivity (Wildman–Crippen MR) is 149 cm³/mol. The number of fused-ring (bicyclic) bond motifs is 1. The lowest BCUT2D eigenvalue weighted by atomic mass is 9.94. The highest BCUT2D eigenvalue weighted by Crippen LogP contribution is 2.40. The molecule has 41 heavy (non-hydrogen) atoms. The zero-order valence-corrected chi connectivity index (χ0v) is 23.9. The van der Waals surface area contributed by atoms with E-state index in [9.17, 15) is 22.8 Å². The molecule has 2 saturated heterocycles. The Hall–Kier alpha value is -3.82. The Bertz CT molecular complexity index is 1420. The average molecular weight is 568 g/mol. The van der Waals surface area contributed by atoms with E-state index in [1.165, 1.54) is 11.0 Å². The number of aromatic nitrogens is 2. The van der Waals surface area contributed by atoms with Crippen LogP contribution < -0.4 is 0 Å². The molecule has 5 rings (SSSR count). The first-order valence-electron chi connectivity index (χ1n) is 14.1. The normalized spacial score (nSPS) is 19.8. The largest absolute Gasteiger partial charge is 0.416 e. The number of hydrogen-bond donors (Lipinski definition) is 0.